The largest absolute Gasteiger partial charge is 0.495 e. The molecule has 19 heavy (non-hydrogen) atoms. The molecule has 3 aliphatic carbocycles. The molecule has 0 aromatic rings. The third kappa shape index (κ3) is 1.71. The van der Waals surface area contributed by atoms with Crippen LogP contribution in [0.2, 0.25) is 0 Å². The first kappa shape index (κ1) is 13.2. The average molecular weight is 264 g/mol. The van der Waals surface area contributed by atoms with E-state index >= 15 is 0 Å². The van der Waals surface area contributed by atoms with Gasteiger partial charge in [-0.3, -0.25) is 0 Å². The van der Waals surface area contributed by atoms with E-state index in [1.807, 2.05) is 0 Å². The molecule has 0 radical (unpaired) electrons. The summed E-state index contributed by atoms with van der Waals surface area (Å²) >= 11 is 0. The zero-order valence-electron chi connectivity index (χ0n) is 12.1. The molecule has 0 unspecified atom stereocenters. The second-order valence-corrected chi connectivity index (χ2v) is 6.70. The van der Waals surface area contributed by atoms with Gasteiger partial charge in [0.2, 0.25) is 0 Å². The fourth-order valence-electron chi connectivity index (χ4n) is 4.02. The van der Waals surface area contributed by atoms with Crippen molar-refractivity contribution in [2.75, 3.05) is 13.7 Å². The summed E-state index contributed by atoms with van der Waals surface area (Å²) in [5.41, 5.74) is -1.36. The highest BCUT2D eigenvalue weighted by Gasteiger charge is 2.62. The summed E-state index contributed by atoms with van der Waals surface area (Å²) in [4.78, 5) is 0. The minimum absolute atomic E-state index is 0.176. The van der Waals surface area contributed by atoms with E-state index in [4.69, 9.17) is 9.47 Å². The lowest BCUT2D eigenvalue weighted by Gasteiger charge is -2.59. The fraction of sp³-hybridized carbons (Fsp3) is 0.750. The van der Waals surface area contributed by atoms with Crippen LogP contribution < -0.4 is 0 Å². The van der Waals surface area contributed by atoms with Crippen molar-refractivity contribution in [1.29, 1.82) is 0 Å². The summed E-state index contributed by atoms with van der Waals surface area (Å²) in [5, 5.41) is 11.3. The van der Waals surface area contributed by atoms with Crippen LogP contribution in [0.5, 0.6) is 0 Å². The summed E-state index contributed by atoms with van der Waals surface area (Å²) in [6.07, 6.45) is 10.0. The Balaban J connectivity index is 1.99. The van der Waals surface area contributed by atoms with Gasteiger partial charge < -0.3 is 14.6 Å². The number of hydrogen-bond donors (Lipinski definition) is 1. The third-order valence-corrected chi connectivity index (χ3v) is 5.47. The molecule has 1 fully saturated rings. The van der Waals surface area contributed by atoms with E-state index in [0.29, 0.717) is 6.42 Å². The van der Waals surface area contributed by atoms with Crippen LogP contribution in [-0.2, 0) is 9.47 Å². The number of ether oxygens (including phenoxy) is 2. The van der Waals surface area contributed by atoms with E-state index in [-0.39, 0.29) is 16.9 Å². The van der Waals surface area contributed by atoms with E-state index in [1.54, 1.807) is 7.11 Å². The highest BCUT2D eigenvalue weighted by Crippen LogP contribution is 2.59. The molecule has 3 heteroatoms. The van der Waals surface area contributed by atoms with Crippen LogP contribution in [0.1, 0.15) is 39.5 Å². The molecule has 1 N–H and O–H groups in total. The number of aliphatic hydroxyl groups is 1. The zero-order chi connectivity index (χ0) is 13.7. The molecule has 1 saturated carbocycles. The molecule has 0 spiro atoms. The van der Waals surface area contributed by atoms with Crippen molar-refractivity contribution in [3.8, 4) is 0 Å². The lowest BCUT2D eigenvalue weighted by Crippen LogP contribution is -2.62. The van der Waals surface area contributed by atoms with Crippen LogP contribution in [0, 0.1) is 11.3 Å². The maximum Gasteiger partial charge on any atom is 0.131 e. The van der Waals surface area contributed by atoms with Crippen LogP contribution in [-0.4, -0.2) is 30.0 Å². The Labute approximate surface area is 115 Å². The second kappa shape index (κ2) is 4.10. The van der Waals surface area contributed by atoms with Crippen LogP contribution in [0.3, 0.4) is 0 Å². The molecule has 0 amide bonds. The SMILES string of the molecule is CO[C@@]1(C)C[C@@]2(C)C=C[C@@H]1C[C@]2(O)C1=CCCCO1. The summed E-state index contributed by atoms with van der Waals surface area (Å²) in [5.74, 6) is 1.03. The molecule has 4 atom stereocenters. The van der Waals surface area contributed by atoms with Gasteiger partial charge in [-0.05, 0) is 38.7 Å². The van der Waals surface area contributed by atoms with Gasteiger partial charge in [0.25, 0.3) is 0 Å². The Morgan fingerprint density at radius 1 is 1.42 bits per heavy atom. The fourth-order valence-corrected chi connectivity index (χ4v) is 4.02. The first-order chi connectivity index (χ1) is 8.94. The molecule has 3 nitrogen and oxygen atoms in total. The van der Waals surface area contributed by atoms with Gasteiger partial charge in [0.15, 0.2) is 0 Å². The molecule has 0 aromatic heterocycles. The van der Waals surface area contributed by atoms with Crippen molar-refractivity contribution in [2.24, 2.45) is 11.3 Å². The zero-order valence-corrected chi connectivity index (χ0v) is 12.1. The molecular weight excluding hydrogens is 240 g/mol. The van der Waals surface area contributed by atoms with E-state index < -0.39 is 5.60 Å². The predicted octanol–water partition coefficient (Wildman–Crippen LogP) is 2.80. The normalized spacial score (nSPS) is 48.8. The molecule has 1 heterocycles. The van der Waals surface area contributed by atoms with Crippen LogP contribution in [0.4, 0.5) is 0 Å². The highest BCUT2D eigenvalue weighted by atomic mass is 16.5. The lowest BCUT2D eigenvalue weighted by atomic mass is 9.51. The third-order valence-electron chi connectivity index (χ3n) is 5.47. The van der Waals surface area contributed by atoms with E-state index in [2.05, 4.69) is 32.1 Å². The van der Waals surface area contributed by atoms with Crippen molar-refractivity contribution >= 4 is 0 Å². The summed E-state index contributed by atoms with van der Waals surface area (Å²) in [6, 6.07) is 0. The molecule has 106 valence electrons. The molecule has 4 rings (SSSR count). The van der Waals surface area contributed by atoms with Crippen molar-refractivity contribution < 1.29 is 14.6 Å². The second-order valence-electron chi connectivity index (χ2n) is 6.70. The van der Waals surface area contributed by atoms with Gasteiger partial charge in [-0.15, -0.1) is 0 Å². The lowest BCUT2D eigenvalue weighted by molar-refractivity contribution is -0.181. The van der Waals surface area contributed by atoms with Crippen molar-refractivity contribution in [3.63, 3.8) is 0 Å². The smallest absolute Gasteiger partial charge is 0.131 e. The molecule has 1 aliphatic heterocycles. The minimum atomic E-state index is -0.870. The first-order valence-corrected chi connectivity index (χ1v) is 7.24. The summed E-state index contributed by atoms with van der Waals surface area (Å²) in [7, 11) is 1.77. The van der Waals surface area contributed by atoms with E-state index in [0.717, 1.165) is 31.6 Å². The number of hydrogen-bond acceptors (Lipinski definition) is 3. The summed E-state index contributed by atoms with van der Waals surface area (Å²) < 4.78 is 11.5. The quantitative estimate of drug-likeness (QED) is 0.779. The maximum absolute atomic E-state index is 11.3. The van der Waals surface area contributed by atoms with E-state index in [1.165, 1.54) is 0 Å². The monoisotopic (exact) mass is 264 g/mol. The topological polar surface area (TPSA) is 38.7 Å². The summed E-state index contributed by atoms with van der Waals surface area (Å²) in [6.45, 7) is 4.99. The Hall–Kier alpha value is -0.800. The standard InChI is InChI=1S/C16H24O3/c1-14-8-7-12(15(2,11-14)18-3)10-16(14,17)13-6-4-5-9-19-13/h6-8,12,17H,4-5,9-11H2,1-3H3/t12-,14-,15+,16+/m1/s1. The Morgan fingerprint density at radius 3 is 2.79 bits per heavy atom. The average Bonchev–Trinajstić information content (AvgIpc) is 2.42. The minimum Gasteiger partial charge on any atom is -0.495 e. The predicted molar refractivity (Wildman–Crippen MR) is 73.6 cm³/mol. The number of fused-ring (bicyclic) bond motifs is 2. The van der Waals surface area contributed by atoms with Crippen molar-refractivity contribution in [1.82, 2.24) is 0 Å². The van der Waals surface area contributed by atoms with Gasteiger partial charge in [0, 0.05) is 18.4 Å². The van der Waals surface area contributed by atoms with Crippen molar-refractivity contribution in [3.05, 3.63) is 24.0 Å². The Morgan fingerprint density at radius 2 is 2.21 bits per heavy atom. The van der Waals surface area contributed by atoms with Crippen LogP contribution in [0.25, 0.3) is 0 Å². The van der Waals surface area contributed by atoms with Crippen LogP contribution >= 0.6 is 0 Å². The highest BCUT2D eigenvalue weighted by molar-refractivity contribution is 5.32. The molecule has 2 bridgehead atoms. The Kier molecular flexibility index (Phi) is 2.84. The van der Waals surface area contributed by atoms with Gasteiger partial charge in [-0.25, -0.2) is 0 Å². The number of allylic oxidation sites excluding steroid dienone is 1. The van der Waals surface area contributed by atoms with Gasteiger partial charge in [-0.2, -0.15) is 0 Å². The van der Waals surface area contributed by atoms with Gasteiger partial charge in [-0.1, -0.05) is 19.1 Å². The Bertz CT molecular complexity index is 441. The number of methoxy groups -OCH3 is 1. The van der Waals surface area contributed by atoms with E-state index in [9.17, 15) is 5.11 Å². The molecular formula is C16H24O3. The molecule has 0 saturated heterocycles. The van der Waals surface area contributed by atoms with Gasteiger partial charge >= 0.3 is 0 Å². The number of rotatable bonds is 2. The first-order valence-electron chi connectivity index (χ1n) is 7.24. The van der Waals surface area contributed by atoms with Crippen LogP contribution in [0.15, 0.2) is 24.0 Å². The maximum atomic E-state index is 11.3. The molecule has 4 aliphatic rings. The van der Waals surface area contributed by atoms with Crippen molar-refractivity contribution in [2.45, 2.75) is 50.7 Å². The van der Waals surface area contributed by atoms with Gasteiger partial charge in [0.1, 0.15) is 11.4 Å². The molecule has 0 aromatic carbocycles. The van der Waals surface area contributed by atoms with Gasteiger partial charge in [0.05, 0.1) is 12.2 Å².